The van der Waals surface area contributed by atoms with E-state index in [2.05, 4.69) is 15.5 Å². The highest BCUT2D eigenvalue weighted by Gasteiger charge is 2.32. The average Bonchev–Trinajstić information content (AvgIpc) is 2.76. The van der Waals surface area contributed by atoms with Crippen LogP contribution < -0.4 is 5.43 Å². The van der Waals surface area contributed by atoms with Crippen LogP contribution >= 0.6 is 33.9 Å². The molecule has 0 amide bonds. The highest BCUT2D eigenvalue weighted by molar-refractivity contribution is 14.1. The van der Waals surface area contributed by atoms with E-state index in [1.54, 1.807) is 28.7 Å². The van der Waals surface area contributed by atoms with Gasteiger partial charge in [-0.1, -0.05) is 6.07 Å². The summed E-state index contributed by atoms with van der Waals surface area (Å²) in [6, 6.07) is 4.06. The molecule has 0 aliphatic heterocycles. The zero-order valence-electron chi connectivity index (χ0n) is 10.2. The maximum Gasteiger partial charge on any atom is 0.417 e. The summed E-state index contributed by atoms with van der Waals surface area (Å²) in [6.07, 6.45) is -3.03. The van der Waals surface area contributed by atoms with E-state index in [-0.39, 0.29) is 3.57 Å². The molecule has 0 radical (unpaired) electrons. The van der Waals surface area contributed by atoms with Gasteiger partial charge in [-0.15, -0.1) is 11.3 Å². The topological polar surface area (TPSA) is 37.3 Å². The van der Waals surface area contributed by atoms with Crippen molar-refractivity contribution in [2.24, 2.45) is 5.10 Å². The second-order valence-corrected chi connectivity index (χ2v) is 5.92. The standard InChI is InChI=1S/C12H9F3IN3S/c1-7-6-20-11(18-7)19-17-5-8-2-3-10(16)9(4-8)12(13,14)15/h2-6H,1H3,(H,18,19). The normalized spacial score (nSPS) is 12.1. The van der Waals surface area contributed by atoms with Crippen molar-refractivity contribution < 1.29 is 13.2 Å². The van der Waals surface area contributed by atoms with E-state index in [0.29, 0.717) is 10.7 Å². The number of alkyl halides is 3. The van der Waals surface area contributed by atoms with Crippen molar-refractivity contribution in [2.45, 2.75) is 13.1 Å². The third-order valence-electron chi connectivity index (χ3n) is 2.29. The Hall–Kier alpha value is -1.16. The van der Waals surface area contributed by atoms with Crippen molar-refractivity contribution in [1.29, 1.82) is 0 Å². The van der Waals surface area contributed by atoms with Crippen molar-refractivity contribution in [3.05, 3.63) is 44.0 Å². The summed E-state index contributed by atoms with van der Waals surface area (Å²) in [5.74, 6) is 0. The second-order valence-electron chi connectivity index (χ2n) is 3.90. The Bertz CT molecular complexity index is 637. The molecule has 0 aliphatic rings. The third kappa shape index (κ3) is 3.92. The second kappa shape index (κ2) is 6.08. The van der Waals surface area contributed by atoms with Gasteiger partial charge in [0.2, 0.25) is 5.13 Å². The molecule has 106 valence electrons. The Labute approximate surface area is 131 Å². The lowest BCUT2D eigenvalue weighted by molar-refractivity contribution is -0.138. The van der Waals surface area contributed by atoms with Gasteiger partial charge >= 0.3 is 6.18 Å². The number of aromatic nitrogens is 1. The molecule has 20 heavy (non-hydrogen) atoms. The number of hydrogen-bond acceptors (Lipinski definition) is 4. The summed E-state index contributed by atoms with van der Waals surface area (Å²) in [5.41, 5.74) is 3.26. The van der Waals surface area contributed by atoms with E-state index >= 15 is 0 Å². The van der Waals surface area contributed by atoms with Crippen LogP contribution in [-0.4, -0.2) is 11.2 Å². The molecule has 0 saturated carbocycles. The molecular weight excluding hydrogens is 402 g/mol. The molecule has 1 heterocycles. The fourth-order valence-corrected chi connectivity index (χ4v) is 2.69. The number of benzene rings is 1. The number of halogens is 4. The Morgan fingerprint density at radius 1 is 1.40 bits per heavy atom. The predicted octanol–water partition coefficient (Wildman–Crippen LogP) is 4.52. The minimum atomic E-state index is -4.36. The summed E-state index contributed by atoms with van der Waals surface area (Å²) >= 11 is 3.04. The van der Waals surface area contributed by atoms with E-state index in [0.717, 1.165) is 11.8 Å². The lowest BCUT2D eigenvalue weighted by Crippen LogP contribution is -2.08. The van der Waals surface area contributed by atoms with E-state index in [9.17, 15) is 13.2 Å². The summed E-state index contributed by atoms with van der Waals surface area (Å²) in [4.78, 5) is 4.13. The molecule has 0 aliphatic carbocycles. The van der Waals surface area contributed by atoms with Crippen LogP contribution in [0.1, 0.15) is 16.8 Å². The number of nitrogens with one attached hydrogen (secondary N) is 1. The summed E-state index contributed by atoms with van der Waals surface area (Å²) in [5, 5.41) is 6.33. The Morgan fingerprint density at radius 2 is 2.15 bits per heavy atom. The molecule has 1 aromatic carbocycles. The van der Waals surface area contributed by atoms with E-state index in [1.165, 1.54) is 23.6 Å². The van der Waals surface area contributed by atoms with Crippen molar-refractivity contribution in [2.75, 3.05) is 5.43 Å². The van der Waals surface area contributed by atoms with Crippen LogP contribution in [0.15, 0.2) is 28.7 Å². The van der Waals surface area contributed by atoms with Crippen molar-refractivity contribution >= 4 is 45.3 Å². The lowest BCUT2D eigenvalue weighted by Gasteiger charge is -2.09. The summed E-state index contributed by atoms with van der Waals surface area (Å²) in [7, 11) is 0. The lowest BCUT2D eigenvalue weighted by atomic mass is 10.1. The molecule has 0 spiro atoms. The molecule has 0 bridgehead atoms. The minimum Gasteiger partial charge on any atom is -0.253 e. The number of hydrazone groups is 1. The van der Waals surface area contributed by atoms with Crippen LogP contribution in [0, 0.1) is 10.5 Å². The Morgan fingerprint density at radius 3 is 2.75 bits per heavy atom. The van der Waals surface area contributed by atoms with Crippen LogP contribution in [0.2, 0.25) is 0 Å². The highest BCUT2D eigenvalue weighted by atomic mass is 127. The van der Waals surface area contributed by atoms with Gasteiger partial charge in [-0.2, -0.15) is 18.3 Å². The van der Waals surface area contributed by atoms with Gasteiger partial charge in [-0.05, 0) is 47.2 Å². The van der Waals surface area contributed by atoms with Crippen molar-refractivity contribution in [3.63, 3.8) is 0 Å². The summed E-state index contributed by atoms with van der Waals surface area (Å²) in [6.45, 7) is 1.85. The number of nitrogens with zero attached hydrogens (tertiary/aromatic N) is 2. The fourth-order valence-electron chi connectivity index (χ4n) is 1.41. The average molecular weight is 411 g/mol. The van der Waals surface area contributed by atoms with Crippen LogP contribution in [-0.2, 0) is 6.18 Å². The maximum atomic E-state index is 12.7. The monoisotopic (exact) mass is 411 g/mol. The quantitative estimate of drug-likeness (QED) is 0.458. The molecule has 0 saturated heterocycles. The number of hydrogen-bond donors (Lipinski definition) is 1. The van der Waals surface area contributed by atoms with E-state index in [1.807, 2.05) is 12.3 Å². The van der Waals surface area contributed by atoms with Crippen LogP contribution in [0.3, 0.4) is 0 Å². The van der Waals surface area contributed by atoms with Gasteiger partial charge in [-0.25, -0.2) is 4.98 Å². The Balaban J connectivity index is 2.13. The maximum absolute atomic E-state index is 12.7. The van der Waals surface area contributed by atoms with Crippen LogP contribution in [0.4, 0.5) is 18.3 Å². The van der Waals surface area contributed by atoms with Gasteiger partial charge in [0.15, 0.2) is 0 Å². The van der Waals surface area contributed by atoms with Crippen LogP contribution in [0.5, 0.6) is 0 Å². The molecule has 2 aromatic rings. The van der Waals surface area contributed by atoms with E-state index < -0.39 is 11.7 Å². The molecule has 1 N–H and O–H groups in total. The molecule has 0 atom stereocenters. The number of thiazole rings is 1. The van der Waals surface area contributed by atoms with E-state index in [4.69, 9.17) is 0 Å². The zero-order chi connectivity index (χ0) is 14.8. The van der Waals surface area contributed by atoms with Gasteiger partial charge in [0.25, 0.3) is 0 Å². The SMILES string of the molecule is Cc1csc(NN=Cc2ccc(I)c(C(F)(F)F)c2)n1. The molecule has 0 fully saturated rings. The van der Waals surface area contributed by atoms with Gasteiger partial charge in [-0.3, -0.25) is 5.43 Å². The fraction of sp³-hybridized carbons (Fsp3) is 0.167. The zero-order valence-corrected chi connectivity index (χ0v) is 13.2. The minimum absolute atomic E-state index is 0.163. The largest absolute Gasteiger partial charge is 0.417 e. The van der Waals surface area contributed by atoms with Gasteiger partial charge in [0.1, 0.15) is 0 Å². The number of anilines is 1. The third-order valence-corrected chi connectivity index (χ3v) is 4.09. The first kappa shape index (κ1) is 15.2. The molecule has 1 aromatic heterocycles. The van der Waals surface area contributed by atoms with Crippen LogP contribution in [0.25, 0.3) is 0 Å². The smallest absolute Gasteiger partial charge is 0.253 e. The van der Waals surface area contributed by atoms with Gasteiger partial charge in [0, 0.05) is 8.95 Å². The number of aryl methyl sites for hydroxylation is 1. The predicted molar refractivity (Wildman–Crippen MR) is 82.2 cm³/mol. The van der Waals surface area contributed by atoms with Gasteiger partial charge in [0.05, 0.1) is 17.5 Å². The van der Waals surface area contributed by atoms with Crippen molar-refractivity contribution in [1.82, 2.24) is 4.98 Å². The Kier molecular flexibility index (Phi) is 4.63. The first-order valence-corrected chi connectivity index (χ1v) is 7.40. The molecule has 2 rings (SSSR count). The molecule has 8 heteroatoms. The molecule has 0 unspecified atom stereocenters. The van der Waals surface area contributed by atoms with Crippen molar-refractivity contribution in [3.8, 4) is 0 Å². The number of rotatable bonds is 3. The van der Waals surface area contributed by atoms with Gasteiger partial charge < -0.3 is 0 Å². The highest BCUT2D eigenvalue weighted by Crippen LogP contribution is 2.33. The first-order valence-electron chi connectivity index (χ1n) is 5.44. The first-order chi connectivity index (χ1) is 9.36. The molecular formula is C12H9F3IN3S. The molecule has 3 nitrogen and oxygen atoms in total. The summed E-state index contributed by atoms with van der Waals surface area (Å²) < 4.78 is 38.4.